The second-order valence-electron chi connectivity index (χ2n) is 4.94. The summed E-state index contributed by atoms with van der Waals surface area (Å²) in [4.78, 5) is 4.59. The lowest BCUT2D eigenvalue weighted by atomic mass is 9.72. The van der Waals surface area contributed by atoms with E-state index in [9.17, 15) is 0 Å². The number of nitrogens with zero attached hydrogens (tertiary/aromatic N) is 2. The van der Waals surface area contributed by atoms with E-state index in [2.05, 4.69) is 50.8 Å². The quantitative estimate of drug-likeness (QED) is 0.844. The summed E-state index contributed by atoms with van der Waals surface area (Å²) in [5.74, 6) is 1.83. The van der Waals surface area contributed by atoms with Gasteiger partial charge in [-0.15, -0.1) is 0 Å². The molecular weight excluding hydrogens is 224 g/mol. The number of hydrogen-bond acceptors (Lipinski definition) is 3. The summed E-state index contributed by atoms with van der Waals surface area (Å²) in [6.45, 7) is 3.99. The lowest BCUT2D eigenvalue weighted by molar-refractivity contribution is 0.346. The van der Waals surface area contributed by atoms with Crippen molar-refractivity contribution in [3.8, 4) is 0 Å². The summed E-state index contributed by atoms with van der Waals surface area (Å²) in [5.41, 5.74) is 1.29. The summed E-state index contributed by atoms with van der Waals surface area (Å²) in [5, 5.41) is 10.8. The molecule has 1 aromatic heterocycles. The minimum absolute atomic E-state index is 0.0305. The van der Waals surface area contributed by atoms with Crippen LogP contribution in [0.3, 0.4) is 0 Å². The smallest absolute Gasteiger partial charge is 0.161 e. The molecule has 0 amide bonds. The van der Waals surface area contributed by atoms with Gasteiger partial charge in [-0.3, -0.25) is 5.10 Å². The molecule has 0 bridgehead atoms. The van der Waals surface area contributed by atoms with Crippen LogP contribution in [0.1, 0.15) is 30.1 Å². The molecule has 1 aromatic carbocycles. The number of benzene rings is 1. The normalized spacial score (nSPS) is 18.7. The van der Waals surface area contributed by atoms with Gasteiger partial charge in [-0.05, 0) is 38.4 Å². The Morgan fingerprint density at radius 2 is 1.83 bits per heavy atom. The average molecular weight is 242 g/mol. The van der Waals surface area contributed by atoms with Gasteiger partial charge in [-0.25, -0.2) is 4.98 Å². The number of aromatic amines is 1. The molecule has 4 nitrogen and oxygen atoms in total. The first-order valence-corrected chi connectivity index (χ1v) is 6.47. The Labute approximate surface area is 107 Å². The molecule has 1 aliphatic heterocycles. The van der Waals surface area contributed by atoms with Crippen molar-refractivity contribution in [1.29, 1.82) is 0 Å². The van der Waals surface area contributed by atoms with Crippen molar-refractivity contribution < 1.29 is 0 Å². The van der Waals surface area contributed by atoms with Gasteiger partial charge in [0, 0.05) is 0 Å². The Bertz CT molecular complexity index is 512. The van der Waals surface area contributed by atoms with E-state index in [4.69, 9.17) is 0 Å². The van der Waals surface area contributed by atoms with Crippen LogP contribution < -0.4 is 5.32 Å². The van der Waals surface area contributed by atoms with Crippen molar-refractivity contribution in [1.82, 2.24) is 20.5 Å². The Balaban J connectivity index is 2.09. The third kappa shape index (κ3) is 1.82. The van der Waals surface area contributed by atoms with E-state index >= 15 is 0 Å². The third-order valence-corrected chi connectivity index (χ3v) is 3.81. The van der Waals surface area contributed by atoms with Gasteiger partial charge in [0.1, 0.15) is 5.82 Å². The molecule has 2 heterocycles. The van der Waals surface area contributed by atoms with Crippen LogP contribution in [0, 0.1) is 6.92 Å². The molecule has 94 valence electrons. The molecular formula is C14H18N4. The number of aromatic nitrogens is 3. The largest absolute Gasteiger partial charge is 0.317 e. The van der Waals surface area contributed by atoms with Gasteiger partial charge in [0.05, 0.1) is 5.41 Å². The van der Waals surface area contributed by atoms with Crippen LogP contribution in [0.4, 0.5) is 0 Å². The second-order valence-corrected chi connectivity index (χ2v) is 4.94. The lowest BCUT2D eigenvalue weighted by Gasteiger charge is -2.35. The summed E-state index contributed by atoms with van der Waals surface area (Å²) in [6, 6.07) is 10.6. The number of aryl methyl sites for hydroxylation is 1. The topological polar surface area (TPSA) is 53.6 Å². The average Bonchev–Trinajstić information content (AvgIpc) is 2.88. The lowest BCUT2D eigenvalue weighted by Crippen LogP contribution is -2.41. The van der Waals surface area contributed by atoms with Crippen molar-refractivity contribution in [3.63, 3.8) is 0 Å². The van der Waals surface area contributed by atoms with Crippen LogP contribution in [0.15, 0.2) is 30.3 Å². The monoisotopic (exact) mass is 242 g/mol. The first-order valence-electron chi connectivity index (χ1n) is 6.47. The van der Waals surface area contributed by atoms with Gasteiger partial charge in [-0.2, -0.15) is 5.10 Å². The van der Waals surface area contributed by atoms with Crippen LogP contribution in [-0.4, -0.2) is 28.3 Å². The number of piperidine rings is 1. The number of hydrogen-bond donors (Lipinski definition) is 2. The molecule has 4 heteroatoms. The number of H-pyrrole nitrogens is 1. The van der Waals surface area contributed by atoms with E-state index in [1.165, 1.54) is 5.56 Å². The highest BCUT2D eigenvalue weighted by Crippen LogP contribution is 2.38. The molecule has 3 rings (SSSR count). The van der Waals surface area contributed by atoms with E-state index in [-0.39, 0.29) is 5.41 Å². The maximum absolute atomic E-state index is 4.59. The molecule has 1 fully saturated rings. The van der Waals surface area contributed by atoms with Crippen molar-refractivity contribution >= 4 is 0 Å². The molecule has 1 aliphatic rings. The van der Waals surface area contributed by atoms with E-state index in [1.807, 2.05) is 6.92 Å². The highest BCUT2D eigenvalue weighted by Gasteiger charge is 2.39. The molecule has 18 heavy (non-hydrogen) atoms. The predicted octanol–water partition coefficient (Wildman–Crippen LogP) is 1.78. The van der Waals surface area contributed by atoms with E-state index in [0.717, 1.165) is 37.6 Å². The minimum Gasteiger partial charge on any atom is -0.317 e. The zero-order valence-corrected chi connectivity index (χ0v) is 10.6. The van der Waals surface area contributed by atoms with Crippen LogP contribution in [0.2, 0.25) is 0 Å². The summed E-state index contributed by atoms with van der Waals surface area (Å²) in [7, 11) is 0. The molecule has 0 aliphatic carbocycles. The van der Waals surface area contributed by atoms with Crippen molar-refractivity contribution in [2.24, 2.45) is 0 Å². The Morgan fingerprint density at radius 3 is 2.44 bits per heavy atom. The highest BCUT2D eigenvalue weighted by molar-refractivity contribution is 5.33. The highest BCUT2D eigenvalue weighted by atomic mass is 15.2. The Morgan fingerprint density at radius 1 is 1.11 bits per heavy atom. The Kier molecular flexibility index (Phi) is 2.88. The molecule has 0 radical (unpaired) electrons. The fourth-order valence-corrected chi connectivity index (χ4v) is 2.81. The van der Waals surface area contributed by atoms with Crippen LogP contribution in [-0.2, 0) is 5.41 Å². The molecule has 0 unspecified atom stereocenters. The first kappa shape index (κ1) is 11.4. The fourth-order valence-electron chi connectivity index (χ4n) is 2.81. The van der Waals surface area contributed by atoms with Gasteiger partial charge in [0.2, 0.25) is 0 Å². The summed E-state index contributed by atoms with van der Waals surface area (Å²) >= 11 is 0. The van der Waals surface area contributed by atoms with Gasteiger partial charge in [-0.1, -0.05) is 30.3 Å². The molecule has 0 atom stereocenters. The second kappa shape index (κ2) is 4.53. The minimum atomic E-state index is -0.0305. The van der Waals surface area contributed by atoms with E-state index in [0.29, 0.717) is 0 Å². The third-order valence-electron chi connectivity index (χ3n) is 3.81. The Hall–Kier alpha value is -1.68. The zero-order chi connectivity index (χ0) is 12.4. The first-order chi connectivity index (χ1) is 8.81. The van der Waals surface area contributed by atoms with Gasteiger partial charge >= 0.3 is 0 Å². The van der Waals surface area contributed by atoms with Crippen molar-refractivity contribution in [3.05, 3.63) is 47.5 Å². The van der Waals surface area contributed by atoms with Crippen LogP contribution >= 0.6 is 0 Å². The molecule has 0 spiro atoms. The standard InChI is InChI=1S/C14H18N4/c1-11-16-13(18-17-11)14(7-9-15-10-8-14)12-5-3-2-4-6-12/h2-6,15H,7-10H2,1H3,(H,16,17,18). The fraction of sp³-hybridized carbons (Fsp3) is 0.429. The SMILES string of the molecule is Cc1nc(C2(c3ccccc3)CCNCC2)n[nH]1. The van der Waals surface area contributed by atoms with Crippen LogP contribution in [0.25, 0.3) is 0 Å². The van der Waals surface area contributed by atoms with Crippen molar-refractivity contribution in [2.75, 3.05) is 13.1 Å². The number of rotatable bonds is 2. The number of nitrogens with one attached hydrogen (secondary N) is 2. The van der Waals surface area contributed by atoms with Gasteiger partial charge < -0.3 is 5.32 Å². The summed E-state index contributed by atoms with van der Waals surface area (Å²) < 4.78 is 0. The summed E-state index contributed by atoms with van der Waals surface area (Å²) in [6.07, 6.45) is 2.10. The maximum Gasteiger partial charge on any atom is 0.161 e. The zero-order valence-electron chi connectivity index (χ0n) is 10.6. The molecule has 0 saturated carbocycles. The van der Waals surface area contributed by atoms with Crippen LogP contribution in [0.5, 0.6) is 0 Å². The van der Waals surface area contributed by atoms with Gasteiger partial charge in [0.15, 0.2) is 5.82 Å². The van der Waals surface area contributed by atoms with E-state index < -0.39 is 0 Å². The molecule has 2 N–H and O–H groups in total. The van der Waals surface area contributed by atoms with E-state index in [1.54, 1.807) is 0 Å². The molecule has 1 saturated heterocycles. The predicted molar refractivity (Wildman–Crippen MR) is 70.4 cm³/mol. The maximum atomic E-state index is 4.59. The van der Waals surface area contributed by atoms with Crippen molar-refractivity contribution in [2.45, 2.75) is 25.2 Å². The van der Waals surface area contributed by atoms with Gasteiger partial charge in [0.25, 0.3) is 0 Å². The molecule has 2 aromatic rings.